The molecule has 0 unspecified atom stereocenters. The second-order valence-electron chi connectivity index (χ2n) is 15.4. The Kier molecular flexibility index (Phi) is 9.18. The smallest absolute Gasteiger partial charge is 0.0715 e. The van der Waals surface area contributed by atoms with Crippen molar-refractivity contribution in [3.63, 3.8) is 0 Å². The predicted molar refractivity (Wildman–Crippen MR) is 254 cm³/mol. The van der Waals surface area contributed by atoms with Crippen molar-refractivity contribution in [1.29, 1.82) is 0 Å². The van der Waals surface area contributed by atoms with Gasteiger partial charge in [0.1, 0.15) is 0 Å². The van der Waals surface area contributed by atoms with Gasteiger partial charge in [-0.1, -0.05) is 164 Å². The van der Waals surface area contributed by atoms with Crippen molar-refractivity contribution in [1.82, 2.24) is 14.5 Å². The van der Waals surface area contributed by atoms with Gasteiger partial charge in [0.25, 0.3) is 0 Å². The van der Waals surface area contributed by atoms with Crippen molar-refractivity contribution < 1.29 is 0 Å². The molecule has 0 aliphatic heterocycles. The molecule has 0 aliphatic rings. The zero-order valence-corrected chi connectivity index (χ0v) is 33.4. The Morgan fingerprint density at radius 3 is 1.02 bits per heavy atom. The van der Waals surface area contributed by atoms with E-state index in [-0.39, 0.29) is 0 Å². The molecule has 3 heterocycles. The minimum absolute atomic E-state index is 0.931. The monoisotopic (exact) mass is 777 g/mol. The predicted octanol–water partition coefficient (Wildman–Crippen LogP) is 15.2. The number of hydrogen-bond acceptors (Lipinski definition) is 2. The van der Waals surface area contributed by atoms with Crippen molar-refractivity contribution in [2.24, 2.45) is 0 Å². The quantitative estimate of drug-likeness (QED) is 0.154. The Hall–Kier alpha value is -8.14. The highest BCUT2D eigenvalue weighted by atomic mass is 15.0. The topological polar surface area (TPSA) is 30.7 Å². The molecule has 3 heteroatoms. The number of nitrogens with zero attached hydrogens (tertiary/aromatic N) is 3. The summed E-state index contributed by atoms with van der Waals surface area (Å²) in [7, 11) is 0. The minimum Gasteiger partial charge on any atom is -0.309 e. The van der Waals surface area contributed by atoms with Crippen molar-refractivity contribution in [3.8, 4) is 84.1 Å². The number of rotatable bonds is 8. The van der Waals surface area contributed by atoms with Crippen LogP contribution in [0.2, 0.25) is 0 Å². The van der Waals surface area contributed by atoms with Crippen LogP contribution in [0.3, 0.4) is 0 Å². The van der Waals surface area contributed by atoms with Gasteiger partial charge in [0.15, 0.2) is 0 Å². The molecule has 0 saturated heterocycles. The van der Waals surface area contributed by atoms with Crippen LogP contribution in [-0.4, -0.2) is 14.5 Å². The van der Waals surface area contributed by atoms with Crippen LogP contribution in [0.1, 0.15) is 0 Å². The molecule has 0 saturated carbocycles. The summed E-state index contributed by atoms with van der Waals surface area (Å²) >= 11 is 0. The molecule has 0 radical (unpaired) electrons. The second kappa shape index (κ2) is 15.6. The molecule has 3 nitrogen and oxygen atoms in total. The maximum atomic E-state index is 5.23. The van der Waals surface area contributed by atoms with Crippen molar-refractivity contribution >= 4 is 21.8 Å². The average Bonchev–Trinajstić information content (AvgIpc) is 3.68. The van der Waals surface area contributed by atoms with Crippen molar-refractivity contribution in [3.05, 3.63) is 237 Å². The Labute approximate surface area is 355 Å². The fourth-order valence-corrected chi connectivity index (χ4v) is 8.56. The highest BCUT2D eigenvalue weighted by Gasteiger charge is 2.17. The number of benzene rings is 8. The fraction of sp³-hybridized carbons (Fsp3) is 0. The van der Waals surface area contributed by atoms with E-state index in [1.807, 2.05) is 0 Å². The zero-order valence-electron chi connectivity index (χ0n) is 33.4. The highest BCUT2D eigenvalue weighted by molar-refractivity contribution is 6.10. The molecule has 0 atom stereocenters. The van der Waals surface area contributed by atoms with E-state index < -0.39 is 0 Å². The van der Waals surface area contributed by atoms with E-state index >= 15 is 0 Å². The van der Waals surface area contributed by atoms with E-state index in [9.17, 15) is 0 Å². The summed E-state index contributed by atoms with van der Waals surface area (Å²) < 4.78 is 2.37. The van der Waals surface area contributed by atoms with Gasteiger partial charge in [0, 0.05) is 38.7 Å². The second-order valence-corrected chi connectivity index (χ2v) is 15.4. The molecule has 286 valence electrons. The lowest BCUT2D eigenvalue weighted by molar-refractivity contribution is 1.18. The first-order valence-electron chi connectivity index (χ1n) is 20.7. The first-order valence-corrected chi connectivity index (χ1v) is 20.7. The summed E-state index contributed by atoms with van der Waals surface area (Å²) in [4.78, 5) is 10.5. The van der Waals surface area contributed by atoms with Crippen LogP contribution in [0.25, 0.3) is 106 Å². The number of para-hydroxylation sites is 2. The van der Waals surface area contributed by atoms with Gasteiger partial charge in [-0.05, 0) is 106 Å². The third-order valence-electron chi connectivity index (χ3n) is 11.5. The van der Waals surface area contributed by atoms with Gasteiger partial charge in [0.2, 0.25) is 0 Å². The fourth-order valence-electron chi connectivity index (χ4n) is 8.56. The molecule has 3 aromatic heterocycles. The molecule has 0 N–H and O–H groups in total. The molecule has 61 heavy (non-hydrogen) atoms. The maximum absolute atomic E-state index is 5.23. The summed E-state index contributed by atoms with van der Waals surface area (Å²) in [5.41, 5.74) is 18.2. The summed E-state index contributed by atoms with van der Waals surface area (Å²) in [6.45, 7) is 0. The Balaban J connectivity index is 1.16. The van der Waals surface area contributed by atoms with Crippen molar-refractivity contribution in [2.75, 3.05) is 0 Å². The highest BCUT2D eigenvalue weighted by Crippen LogP contribution is 2.40. The third-order valence-corrected chi connectivity index (χ3v) is 11.5. The molecule has 8 aromatic carbocycles. The van der Waals surface area contributed by atoms with Crippen LogP contribution in [0, 0.1) is 0 Å². The lowest BCUT2D eigenvalue weighted by atomic mass is 9.91. The Morgan fingerprint density at radius 2 is 0.574 bits per heavy atom. The van der Waals surface area contributed by atoms with Crippen LogP contribution in [0.5, 0.6) is 0 Å². The van der Waals surface area contributed by atoms with E-state index in [0.717, 1.165) is 84.1 Å². The van der Waals surface area contributed by atoms with E-state index in [0.29, 0.717) is 0 Å². The summed E-state index contributed by atoms with van der Waals surface area (Å²) in [6.07, 6.45) is 0. The van der Waals surface area contributed by atoms with Gasteiger partial charge in [-0.2, -0.15) is 0 Å². The largest absolute Gasteiger partial charge is 0.309 e. The molecular formula is C58H39N3. The first kappa shape index (κ1) is 36.0. The normalized spacial score (nSPS) is 11.3. The summed E-state index contributed by atoms with van der Waals surface area (Å²) in [5.74, 6) is 0. The Morgan fingerprint density at radius 1 is 0.230 bits per heavy atom. The molecule has 11 aromatic rings. The molecule has 0 bridgehead atoms. The standard InChI is InChI=1S/C58H39N3/c1-6-18-40(19-7-1)53-36-48(37-54(59-53)41-20-8-2-9-21-41)46-32-45(44-30-31-58-52(35-44)51-28-16-17-29-57(51)61(58)50-26-14-5-15-27-50)33-47(34-46)49-38-55(42-22-10-3-11-23-42)60-56(39-49)43-24-12-4-13-25-43/h1-39H. The molecule has 0 spiro atoms. The molecule has 0 aliphatic carbocycles. The Bertz CT molecular complexity index is 3060. The van der Waals surface area contributed by atoms with Gasteiger partial charge in [0.05, 0.1) is 33.8 Å². The molecule has 0 amide bonds. The lowest BCUT2D eigenvalue weighted by Gasteiger charge is -2.15. The molecular weight excluding hydrogens is 739 g/mol. The van der Waals surface area contributed by atoms with Crippen LogP contribution < -0.4 is 0 Å². The third kappa shape index (κ3) is 6.98. The molecule has 0 fully saturated rings. The van der Waals surface area contributed by atoms with Crippen molar-refractivity contribution in [2.45, 2.75) is 0 Å². The SMILES string of the molecule is c1ccc(-c2cc(-c3cc(-c4cc(-c5ccccc5)nc(-c5ccccc5)c4)cc(-c4ccc5c(c4)c4ccccc4n5-c4ccccc4)c3)cc(-c3ccccc3)n2)cc1. The van der Waals surface area contributed by atoms with E-state index in [4.69, 9.17) is 9.97 Å². The minimum atomic E-state index is 0.931. The van der Waals surface area contributed by atoms with Crippen LogP contribution in [-0.2, 0) is 0 Å². The van der Waals surface area contributed by atoms with Gasteiger partial charge in [-0.25, -0.2) is 9.97 Å². The summed E-state index contributed by atoms with van der Waals surface area (Å²) in [5, 5.41) is 2.44. The van der Waals surface area contributed by atoms with E-state index in [2.05, 4.69) is 241 Å². The van der Waals surface area contributed by atoms with E-state index in [1.165, 1.54) is 21.8 Å². The van der Waals surface area contributed by atoms with Gasteiger partial charge < -0.3 is 4.57 Å². The number of pyridine rings is 2. The van der Waals surface area contributed by atoms with Gasteiger partial charge >= 0.3 is 0 Å². The lowest BCUT2D eigenvalue weighted by Crippen LogP contribution is -1.94. The number of hydrogen-bond donors (Lipinski definition) is 0. The van der Waals surface area contributed by atoms with Crippen LogP contribution >= 0.6 is 0 Å². The first-order chi connectivity index (χ1) is 30.2. The van der Waals surface area contributed by atoms with Gasteiger partial charge in [-0.15, -0.1) is 0 Å². The zero-order chi connectivity index (χ0) is 40.5. The molecule has 11 rings (SSSR count). The van der Waals surface area contributed by atoms with Gasteiger partial charge in [-0.3, -0.25) is 0 Å². The number of fused-ring (bicyclic) bond motifs is 3. The number of aromatic nitrogens is 3. The van der Waals surface area contributed by atoms with E-state index in [1.54, 1.807) is 0 Å². The summed E-state index contributed by atoms with van der Waals surface area (Å²) in [6, 6.07) is 84.2. The van der Waals surface area contributed by atoms with Crippen LogP contribution in [0.15, 0.2) is 237 Å². The average molecular weight is 778 g/mol. The van der Waals surface area contributed by atoms with Crippen LogP contribution in [0.4, 0.5) is 0 Å². The maximum Gasteiger partial charge on any atom is 0.0715 e.